The number of carbonyl (C=O) groups is 2. The highest BCUT2D eigenvalue weighted by Crippen LogP contribution is 2.19. The minimum absolute atomic E-state index is 0.0102. The van der Waals surface area contributed by atoms with E-state index >= 15 is 0 Å². The van der Waals surface area contributed by atoms with Crippen LogP contribution in [-0.2, 0) is 14.3 Å². The monoisotopic (exact) mass is 1210 g/mol. The van der Waals surface area contributed by atoms with E-state index in [1.807, 2.05) is 6.08 Å². The summed E-state index contributed by atoms with van der Waals surface area (Å²) in [6, 6.07) is -0.628. The highest BCUT2D eigenvalue weighted by molar-refractivity contribution is 5.76. The fourth-order valence-electron chi connectivity index (χ4n) is 12.4. The summed E-state index contributed by atoms with van der Waals surface area (Å²) in [5, 5.41) is 23.3. The van der Waals surface area contributed by atoms with Crippen molar-refractivity contribution < 1.29 is 24.5 Å². The van der Waals surface area contributed by atoms with E-state index in [9.17, 15) is 19.8 Å². The molecule has 0 bridgehead atoms. The fourth-order valence-corrected chi connectivity index (χ4v) is 12.4. The van der Waals surface area contributed by atoms with Crippen molar-refractivity contribution in [2.45, 2.75) is 450 Å². The molecule has 0 aromatic heterocycles. The summed E-state index contributed by atoms with van der Waals surface area (Å²) < 4.78 is 5.49. The van der Waals surface area contributed by atoms with E-state index in [-0.39, 0.29) is 18.5 Å². The van der Waals surface area contributed by atoms with Gasteiger partial charge in [-0.25, -0.2) is 0 Å². The Morgan fingerprint density at radius 1 is 0.314 bits per heavy atom. The molecule has 2 atom stereocenters. The molecule has 6 nitrogen and oxygen atoms in total. The number of allylic oxidation sites excluding steroid dienone is 5. The van der Waals surface area contributed by atoms with Crippen LogP contribution in [0.15, 0.2) is 36.5 Å². The number of rotatable bonds is 74. The van der Waals surface area contributed by atoms with Gasteiger partial charge >= 0.3 is 5.97 Å². The van der Waals surface area contributed by atoms with E-state index in [4.69, 9.17) is 4.74 Å². The molecule has 0 spiro atoms. The molecule has 0 saturated carbocycles. The summed E-state index contributed by atoms with van der Waals surface area (Å²) in [6.07, 6.45) is 98.3. The first-order chi connectivity index (χ1) is 42.5. The average molecular weight is 1210 g/mol. The number of hydrogen-bond acceptors (Lipinski definition) is 5. The zero-order valence-corrected chi connectivity index (χ0v) is 58.3. The lowest BCUT2D eigenvalue weighted by atomic mass is 10.0. The van der Waals surface area contributed by atoms with Gasteiger partial charge in [-0.05, 0) is 83.5 Å². The van der Waals surface area contributed by atoms with Crippen molar-refractivity contribution in [2.75, 3.05) is 13.2 Å². The summed E-state index contributed by atoms with van der Waals surface area (Å²) in [7, 11) is 0. The second kappa shape index (κ2) is 75.5. The molecule has 0 saturated heterocycles. The van der Waals surface area contributed by atoms with E-state index in [0.29, 0.717) is 19.4 Å². The van der Waals surface area contributed by atoms with Gasteiger partial charge in [-0.2, -0.15) is 0 Å². The van der Waals surface area contributed by atoms with Crippen LogP contribution in [0.2, 0.25) is 0 Å². The second-order valence-electron chi connectivity index (χ2n) is 27.0. The Kier molecular flexibility index (Phi) is 73.9. The predicted octanol–water partition coefficient (Wildman–Crippen LogP) is 25.8. The predicted molar refractivity (Wildman–Crippen MR) is 379 cm³/mol. The lowest BCUT2D eigenvalue weighted by Crippen LogP contribution is -2.45. The van der Waals surface area contributed by atoms with Gasteiger partial charge in [0, 0.05) is 12.8 Å². The number of carbonyl (C=O) groups excluding carboxylic acids is 2. The van der Waals surface area contributed by atoms with Gasteiger partial charge in [-0.3, -0.25) is 9.59 Å². The lowest BCUT2D eigenvalue weighted by Gasteiger charge is -2.20. The van der Waals surface area contributed by atoms with Crippen LogP contribution in [-0.4, -0.2) is 47.4 Å². The third-order valence-corrected chi connectivity index (χ3v) is 18.4. The maximum absolute atomic E-state index is 12.5. The first-order valence-corrected chi connectivity index (χ1v) is 39.3. The minimum atomic E-state index is -0.845. The number of nitrogens with one attached hydrogen (secondary N) is 1. The minimum Gasteiger partial charge on any atom is -0.466 e. The van der Waals surface area contributed by atoms with Crippen LogP contribution in [0.4, 0.5) is 0 Å². The molecule has 1 amide bonds. The highest BCUT2D eigenvalue weighted by Gasteiger charge is 2.18. The van der Waals surface area contributed by atoms with Crippen LogP contribution in [0, 0.1) is 0 Å². The summed E-state index contributed by atoms with van der Waals surface area (Å²) in [4.78, 5) is 24.6. The Balaban J connectivity index is 3.39. The molecule has 6 heteroatoms. The van der Waals surface area contributed by atoms with Gasteiger partial charge < -0.3 is 20.3 Å². The zero-order valence-electron chi connectivity index (χ0n) is 58.3. The first kappa shape index (κ1) is 84.1. The van der Waals surface area contributed by atoms with Crippen LogP contribution in [0.5, 0.6) is 0 Å². The van der Waals surface area contributed by atoms with Crippen molar-refractivity contribution >= 4 is 11.9 Å². The van der Waals surface area contributed by atoms with Crippen LogP contribution >= 0.6 is 0 Å². The van der Waals surface area contributed by atoms with E-state index in [2.05, 4.69) is 43.5 Å². The molecular formula is C80H153NO5. The molecule has 0 aliphatic heterocycles. The summed E-state index contributed by atoms with van der Waals surface area (Å²) >= 11 is 0. The van der Waals surface area contributed by atoms with Gasteiger partial charge in [0.25, 0.3) is 0 Å². The number of hydrogen-bond donors (Lipinski definition) is 3. The summed E-state index contributed by atoms with van der Waals surface area (Å²) in [5.41, 5.74) is 0. The van der Waals surface area contributed by atoms with E-state index in [1.54, 1.807) is 6.08 Å². The normalized spacial score (nSPS) is 12.7. The third-order valence-electron chi connectivity index (χ3n) is 18.4. The second-order valence-corrected chi connectivity index (χ2v) is 27.0. The van der Waals surface area contributed by atoms with Crippen LogP contribution < -0.4 is 5.32 Å². The van der Waals surface area contributed by atoms with Crippen molar-refractivity contribution in [3.8, 4) is 0 Å². The smallest absolute Gasteiger partial charge is 0.305 e. The zero-order chi connectivity index (χ0) is 62.0. The maximum Gasteiger partial charge on any atom is 0.305 e. The molecule has 0 aliphatic carbocycles. The Morgan fingerprint density at radius 2 is 0.547 bits per heavy atom. The molecule has 508 valence electrons. The first-order valence-electron chi connectivity index (χ1n) is 39.3. The van der Waals surface area contributed by atoms with E-state index in [1.165, 1.54) is 366 Å². The highest BCUT2D eigenvalue weighted by atomic mass is 16.5. The Bertz CT molecular complexity index is 1390. The van der Waals surface area contributed by atoms with Crippen LogP contribution in [0.25, 0.3) is 0 Å². The number of amides is 1. The van der Waals surface area contributed by atoms with Gasteiger partial charge in [0.1, 0.15) is 0 Å². The van der Waals surface area contributed by atoms with Crippen molar-refractivity contribution in [1.82, 2.24) is 5.32 Å². The summed E-state index contributed by atoms with van der Waals surface area (Å²) in [6.45, 7) is 4.94. The van der Waals surface area contributed by atoms with E-state index in [0.717, 1.165) is 44.9 Å². The molecule has 2 unspecified atom stereocenters. The molecule has 0 aromatic rings. The maximum atomic E-state index is 12.5. The number of ether oxygens (including phenoxy) is 1. The van der Waals surface area contributed by atoms with Gasteiger partial charge in [0.2, 0.25) is 5.91 Å². The Hall–Kier alpha value is -1.92. The molecule has 0 radical (unpaired) electrons. The van der Waals surface area contributed by atoms with Gasteiger partial charge in [-0.1, -0.05) is 378 Å². The van der Waals surface area contributed by atoms with Crippen LogP contribution in [0.1, 0.15) is 438 Å². The number of aliphatic hydroxyl groups is 2. The molecular weight excluding hydrogens is 1050 g/mol. The SMILES string of the molecule is CCCCCCCC/C=C\CCCCCCCC(=O)OCCCCCCCCCCCCCC/C=C\CCCCCCCCCCCCCCCCCC(=O)NC(CO)C(O)/C=C/CCCCCCCCCCCCCCCCCCCCCCC. The van der Waals surface area contributed by atoms with E-state index < -0.39 is 12.1 Å². The van der Waals surface area contributed by atoms with Crippen molar-refractivity contribution in [1.29, 1.82) is 0 Å². The number of esters is 1. The topological polar surface area (TPSA) is 95.9 Å². The Labute approximate surface area is 538 Å². The molecule has 0 heterocycles. The molecule has 3 N–H and O–H groups in total. The quantitative estimate of drug-likeness (QED) is 0.0320. The average Bonchev–Trinajstić information content (AvgIpc) is 3.54. The largest absolute Gasteiger partial charge is 0.466 e. The summed E-state index contributed by atoms with van der Waals surface area (Å²) in [5.74, 6) is -0.0511. The van der Waals surface area contributed by atoms with Gasteiger partial charge in [0.05, 0.1) is 25.4 Å². The molecule has 0 aliphatic rings. The lowest BCUT2D eigenvalue weighted by molar-refractivity contribution is -0.143. The third kappa shape index (κ3) is 71.2. The standard InChI is InChI=1S/C80H153NO5/c1-3-5-7-9-11-13-15-17-19-20-21-22-32-35-38-41-45-48-52-56-60-64-68-72-78(83)77(76-82)81-79(84)73-69-65-61-57-53-49-46-42-39-36-33-30-28-26-24-23-25-27-29-31-34-37-40-43-47-51-55-59-63-67-71-75-86-80(85)74-70-66-62-58-54-50-44-18-16-14-12-10-8-6-4-2/h18,25,27,44,68,72,77-78,82-83H,3-17,19-24,26,28-43,45-67,69-71,73-76H2,1-2H3,(H,81,84)/b27-25-,44-18-,72-68+. The molecule has 0 aromatic carbocycles. The van der Waals surface area contributed by atoms with Crippen molar-refractivity contribution in [2.24, 2.45) is 0 Å². The van der Waals surface area contributed by atoms with Crippen molar-refractivity contribution in [3.63, 3.8) is 0 Å². The molecule has 86 heavy (non-hydrogen) atoms. The van der Waals surface area contributed by atoms with Crippen molar-refractivity contribution in [3.05, 3.63) is 36.5 Å². The molecule has 0 fully saturated rings. The molecule has 0 rings (SSSR count). The van der Waals surface area contributed by atoms with Crippen LogP contribution in [0.3, 0.4) is 0 Å². The van der Waals surface area contributed by atoms with Gasteiger partial charge in [0.15, 0.2) is 0 Å². The number of aliphatic hydroxyl groups excluding tert-OH is 2. The fraction of sp³-hybridized carbons (Fsp3) is 0.900. The van der Waals surface area contributed by atoms with Gasteiger partial charge in [-0.15, -0.1) is 0 Å². The number of unbranched alkanes of at least 4 members (excludes halogenated alkanes) is 59. The Morgan fingerprint density at radius 3 is 0.826 bits per heavy atom.